The van der Waals surface area contributed by atoms with Crippen LogP contribution in [0.4, 0.5) is 5.13 Å². The molecule has 0 saturated carbocycles. The second kappa shape index (κ2) is 4.57. The van der Waals surface area contributed by atoms with Gasteiger partial charge in [0.25, 0.3) is 0 Å². The fourth-order valence-corrected chi connectivity index (χ4v) is 2.45. The zero-order valence-electron chi connectivity index (χ0n) is 8.62. The van der Waals surface area contributed by atoms with Crippen LogP contribution >= 0.6 is 11.3 Å². The smallest absolute Gasteiger partial charge is 0.397 e. The molecule has 0 unspecified atom stereocenters. The molecule has 6 heteroatoms. The van der Waals surface area contributed by atoms with Gasteiger partial charge in [0.15, 0.2) is 5.13 Å². The Hall–Kier alpha value is -0.836. The largest absolute Gasteiger partial charge is 0.406 e. The predicted molar refractivity (Wildman–Crippen MR) is 64.8 cm³/mol. The van der Waals surface area contributed by atoms with Crippen LogP contribution in [-0.2, 0) is 20.1 Å². The Bertz CT molecular complexity index is 495. The van der Waals surface area contributed by atoms with E-state index in [1.54, 1.807) is 11.3 Å². The second-order valence-electron chi connectivity index (χ2n) is 3.45. The molecule has 1 aromatic carbocycles. The van der Waals surface area contributed by atoms with Gasteiger partial charge in [-0.1, -0.05) is 23.5 Å². The molecule has 2 aromatic rings. The van der Waals surface area contributed by atoms with Crippen molar-refractivity contribution in [2.24, 2.45) is 0 Å². The normalized spacial score (nSPS) is 14.1. The standard InChI is InChI=1S/C10H9BN3S.Ir/c1-13-6-7-14(11-13)10-12-8-4-2-3-5-9(8)15-10;/h2-7H,1H3;. The van der Waals surface area contributed by atoms with Crippen LogP contribution in [0.3, 0.4) is 0 Å². The van der Waals surface area contributed by atoms with Crippen LogP contribution in [0.1, 0.15) is 0 Å². The molecule has 2 radical (unpaired) electrons. The van der Waals surface area contributed by atoms with Crippen molar-refractivity contribution in [1.29, 1.82) is 0 Å². The summed E-state index contributed by atoms with van der Waals surface area (Å²) in [5, 5.41) is 1.01. The molecule has 1 aromatic heterocycles. The number of para-hydroxylation sites is 1. The van der Waals surface area contributed by atoms with E-state index in [1.165, 1.54) is 4.70 Å². The summed E-state index contributed by atoms with van der Waals surface area (Å²) in [5.41, 5.74) is 1.06. The first kappa shape index (κ1) is 11.6. The summed E-state index contributed by atoms with van der Waals surface area (Å²) in [6, 6.07) is 8.19. The number of fused-ring (bicyclic) bond motifs is 1. The van der Waals surface area contributed by atoms with Crippen LogP contribution in [0.25, 0.3) is 10.2 Å². The number of rotatable bonds is 1. The maximum absolute atomic E-state index is 4.56. The summed E-state index contributed by atoms with van der Waals surface area (Å²) >= 11 is 1.70. The van der Waals surface area contributed by atoms with E-state index < -0.39 is 0 Å². The number of benzene rings is 1. The monoisotopic (exact) mass is 407 g/mol. The van der Waals surface area contributed by atoms with E-state index in [1.807, 2.05) is 54.8 Å². The number of hydrogen-bond acceptors (Lipinski definition) is 4. The quantitative estimate of drug-likeness (QED) is 0.676. The zero-order valence-corrected chi connectivity index (χ0v) is 11.8. The molecule has 0 saturated heterocycles. The Balaban J connectivity index is 0.000000963. The third-order valence-corrected chi connectivity index (χ3v) is 3.32. The number of anilines is 1. The summed E-state index contributed by atoms with van der Waals surface area (Å²) in [5.74, 6) is 0. The molecule has 82 valence electrons. The third kappa shape index (κ3) is 2.01. The third-order valence-electron chi connectivity index (χ3n) is 2.27. The predicted octanol–water partition coefficient (Wildman–Crippen LogP) is 2.05. The molecule has 0 aliphatic carbocycles. The Morgan fingerprint density at radius 2 is 2.06 bits per heavy atom. The van der Waals surface area contributed by atoms with Crippen molar-refractivity contribution in [3.05, 3.63) is 36.7 Å². The van der Waals surface area contributed by atoms with Crippen LogP contribution < -0.4 is 4.81 Å². The van der Waals surface area contributed by atoms with E-state index in [4.69, 9.17) is 0 Å². The van der Waals surface area contributed by atoms with Crippen molar-refractivity contribution >= 4 is 34.2 Å². The first-order valence-electron chi connectivity index (χ1n) is 4.72. The summed E-state index contributed by atoms with van der Waals surface area (Å²) in [6.45, 7) is 0. The van der Waals surface area contributed by atoms with E-state index in [-0.39, 0.29) is 20.1 Å². The Labute approximate surface area is 112 Å². The van der Waals surface area contributed by atoms with Gasteiger partial charge in [-0.25, -0.2) is 4.98 Å². The van der Waals surface area contributed by atoms with E-state index >= 15 is 0 Å². The topological polar surface area (TPSA) is 19.4 Å². The van der Waals surface area contributed by atoms with Gasteiger partial charge in [-0.15, -0.1) is 0 Å². The molecule has 3 rings (SSSR count). The molecule has 0 bridgehead atoms. The summed E-state index contributed by atoms with van der Waals surface area (Å²) in [6.07, 6.45) is 4.02. The van der Waals surface area contributed by atoms with E-state index in [0.29, 0.717) is 0 Å². The molecule has 0 N–H and O–H groups in total. The molecular weight excluding hydrogens is 397 g/mol. The van der Waals surface area contributed by atoms with Gasteiger partial charge < -0.3 is 9.62 Å². The average Bonchev–Trinajstić information content (AvgIpc) is 2.82. The Morgan fingerprint density at radius 1 is 1.25 bits per heavy atom. The Morgan fingerprint density at radius 3 is 2.75 bits per heavy atom. The number of thiazole rings is 1. The van der Waals surface area contributed by atoms with Crippen molar-refractivity contribution in [3.63, 3.8) is 0 Å². The average molecular weight is 406 g/mol. The van der Waals surface area contributed by atoms with Crippen LogP contribution in [0, 0.1) is 0 Å². The van der Waals surface area contributed by atoms with E-state index in [9.17, 15) is 0 Å². The first-order valence-corrected chi connectivity index (χ1v) is 5.54. The minimum Gasteiger partial charge on any atom is -0.406 e. The van der Waals surface area contributed by atoms with Crippen molar-refractivity contribution in [2.45, 2.75) is 0 Å². The van der Waals surface area contributed by atoms with Crippen molar-refractivity contribution in [2.75, 3.05) is 11.9 Å². The molecule has 16 heavy (non-hydrogen) atoms. The maximum Gasteiger partial charge on any atom is 0.397 e. The molecular formula is C10H9BIrN3S. The Kier molecular flexibility index (Phi) is 3.33. The molecule has 0 atom stereocenters. The zero-order chi connectivity index (χ0) is 10.3. The fraction of sp³-hybridized carbons (Fsp3) is 0.100. The molecule has 1 aliphatic rings. The maximum atomic E-state index is 4.56. The molecule has 2 heterocycles. The van der Waals surface area contributed by atoms with Gasteiger partial charge in [0, 0.05) is 32.5 Å². The van der Waals surface area contributed by atoms with Crippen LogP contribution in [-0.4, -0.2) is 24.4 Å². The second-order valence-corrected chi connectivity index (χ2v) is 4.46. The van der Waals surface area contributed by atoms with Crippen LogP contribution in [0.2, 0.25) is 0 Å². The van der Waals surface area contributed by atoms with Crippen LogP contribution in [0.15, 0.2) is 36.7 Å². The van der Waals surface area contributed by atoms with Crippen molar-refractivity contribution in [1.82, 2.24) is 9.79 Å². The fourth-order valence-electron chi connectivity index (χ4n) is 1.53. The minimum atomic E-state index is 0. The van der Waals surface area contributed by atoms with Gasteiger partial charge in [-0.2, -0.15) is 0 Å². The van der Waals surface area contributed by atoms with E-state index in [0.717, 1.165) is 10.6 Å². The van der Waals surface area contributed by atoms with E-state index in [2.05, 4.69) is 11.1 Å². The first-order chi connectivity index (χ1) is 7.33. The summed E-state index contributed by atoms with van der Waals surface area (Å²) < 4.78 is 1.23. The van der Waals surface area contributed by atoms with Crippen molar-refractivity contribution < 1.29 is 20.1 Å². The number of nitrogens with zero attached hydrogens (tertiary/aromatic N) is 3. The molecule has 3 nitrogen and oxygen atoms in total. The number of hydrogen-bond donors (Lipinski definition) is 0. The van der Waals surface area contributed by atoms with Gasteiger partial charge >= 0.3 is 7.55 Å². The summed E-state index contributed by atoms with van der Waals surface area (Å²) in [4.78, 5) is 8.60. The minimum absolute atomic E-state index is 0. The molecule has 0 amide bonds. The summed E-state index contributed by atoms with van der Waals surface area (Å²) in [7, 11) is 4.02. The van der Waals surface area contributed by atoms with Gasteiger partial charge in [0.05, 0.1) is 10.2 Å². The van der Waals surface area contributed by atoms with Crippen LogP contribution in [0.5, 0.6) is 0 Å². The van der Waals surface area contributed by atoms with Crippen molar-refractivity contribution in [3.8, 4) is 0 Å². The van der Waals surface area contributed by atoms with Gasteiger partial charge in [-0.05, 0) is 19.2 Å². The van der Waals surface area contributed by atoms with Gasteiger partial charge in [0.1, 0.15) is 0 Å². The molecule has 0 fully saturated rings. The van der Waals surface area contributed by atoms with Gasteiger partial charge in [-0.3, -0.25) is 0 Å². The molecule has 1 aliphatic heterocycles. The van der Waals surface area contributed by atoms with Gasteiger partial charge in [0.2, 0.25) is 0 Å². The molecule has 0 spiro atoms. The SMILES string of the molecule is CN1[B]N(c2nc3ccccc3s2)C=C1.[Ir]. The number of aromatic nitrogens is 1.